The van der Waals surface area contributed by atoms with Crippen molar-refractivity contribution >= 4 is 0 Å². The van der Waals surface area contributed by atoms with Gasteiger partial charge in [-0.05, 0) is 73.0 Å². The highest BCUT2D eigenvalue weighted by atomic mass is 14.3. The summed E-state index contributed by atoms with van der Waals surface area (Å²) in [6, 6.07) is 0. The van der Waals surface area contributed by atoms with Crippen molar-refractivity contribution in [3.05, 3.63) is 0 Å². The lowest BCUT2D eigenvalue weighted by molar-refractivity contribution is 0.191. The first kappa shape index (κ1) is 28.2. The summed E-state index contributed by atoms with van der Waals surface area (Å²) in [5, 5.41) is 0. The zero-order chi connectivity index (χ0) is 23.3. The van der Waals surface area contributed by atoms with Crippen molar-refractivity contribution in [2.75, 3.05) is 0 Å². The minimum Gasteiger partial charge on any atom is -0.0683 e. The van der Waals surface area contributed by atoms with Crippen LogP contribution < -0.4 is 0 Å². The fourth-order valence-electron chi connectivity index (χ4n) is 7.62. The van der Waals surface area contributed by atoms with Crippen LogP contribution in [-0.4, -0.2) is 0 Å². The molecule has 0 heteroatoms. The highest BCUT2D eigenvalue weighted by molar-refractivity contribution is 4.78. The highest BCUT2D eigenvalue weighted by Crippen LogP contribution is 2.39. The van der Waals surface area contributed by atoms with Crippen LogP contribution in [0.25, 0.3) is 0 Å². The van der Waals surface area contributed by atoms with E-state index in [1.807, 2.05) is 13.8 Å². The Balaban J connectivity index is 0.000000211. The molecule has 4 unspecified atom stereocenters. The van der Waals surface area contributed by atoms with E-state index < -0.39 is 0 Å². The molecule has 0 N–H and O–H groups in total. The Morgan fingerprint density at radius 2 is 0.719 bits per heavy atom. The summed E-state index contributed by atoms with van der Waals surface area (Å²) >= 11 is 0. The van der Waals surface area contributed by atoms with Gasteiger partial charge in [-0.2, -0.15) is 0 Å². The molecule has 32 heavy (non-hydrogen) atoms. The van der Waals surface area contributed by atoms with Gasteiger partial charge in [0.05, 0.1) is 0 Å². The van der Waals surface area contributed by atoms with Gasteiger partial charge in [-0.1, -0.05) is 131 Å². The van der Waals surface area contributed by atoms with Crippen LogP contribution in [0.2, 0.25) is 0 Å². The quantitative estimate of drug-likeness (QED) is 0.402. The van der Waals surface area contributed by atoms with Crippen LogP contribution in [0.15, 0.2) is 0 Å². The SMILES string of the molecule is CC.CC1CCC(CC2CCC(C)CC2)CC1.CC1CCCC(CC2CCCC(C)C2)C1. The van der Waals surface area contributed by atoms with Crippen LogP contribution >= 0.6 is 0 Å². The van der Waals surface area contributed by atoms with Crippen LogP contribution in [-0.2, 0) is 0 Å². The number of hydrogen-bond acceptors (Lipinski definition) is 0. The van der Waals surface area contributed by atoms with Gasteiger partial charge in [0, 0.05) is 0 Å². The van der Waals surface area contributed by atoms with E-state index >= 15 is 0 Å². The standard InChI is InChI=1S/2C15H28.C2H6/c1-12-3-7-14(8-4-12)11-15-9-5-13(2)6-10-15;1-12-5-3-7-14(9-12)11-15-8-4-6-13(2)10-15;1-2/h2*12-15H,3-11H2,1-2H3;1-2H3. The van der Waals surface area contributed by atoms with Crippen molar-refractivity contribution in [2.45, 2.75) is 157 Å². The fourth-order valence-corrected chi connectivity index (χ4v) is 7.62. The normalized spacial score (nSPS) is 40.3. The lowest BCUT2D eigenvalue weighted by atomic mass is 9.73. The summed E-state index contributed by atoms with van der Waals surface area (Å²) in [6.45, 7) is 13.8. The average Bonchev–Trinajstić information content (AvgIpc) is 2.79. The summed E-state index contributed by atoms with van der Waals surface area (Å²) in [5.41, 5.74) is 0. The Hall–Kier alpha value is 0. The second-order valence-electron chi connectivity index (χ2n) is 13.0. The van der Waals surface area contributed by atoms with Gasteiger partial charge in [0.1, 0.15) is 0 Å². The van der Waals surface area contributed by atoms with Gasteiger partial charge in [-0.15, -0.1) is 0 Å². The molecule has 0 heterocycles. The number of hydrogen-bond donors (Lipinski definition) is 0. The van der Waals surface area contributed by atoms with Crippen molar-refractivity contribution in [3.63, 3.8) is 0 Å². The van der Waals surface area contributed by atoms with E-state index in [2.05, 4.69) is 27.7 Å². The average molecular weight is 447 g/mol. The van der Waals surface area contributed by atoms with Gasteiger partial charge in [0.25, 0.3) is 0 Å². The van der Waals surface area contributed by atoms with Crippen molar-refractivity contribution in [3.8, 4) is 0 Å². The molecule has 0 amide bonds. The first-order valence-corrected chi connectivity index (χ1v) is 15.5. The first-order valence-electron chi connectivity index (χ1n) is 15.5. The van der Waals surface area contributed by atoms with Gasteiger partial charge in [-0.3, -0.25) is 0 Å². The Labute approximate surface area is 204 Å². The maximum absolute atomic E-state index is 2.45. The third-order valence-electron chi connectivity index (χ3n) is 9.69. The Bertz CT molecular complexity index is 397. The third-order valence-corrected chi connectivity index (χ3v) is 9.69. The molecule has 4 saturated carbocycles. The minimum absolute atomic E-state index is 1.02. The summed E-state index contributed by atoms with van der Waals surface area (Å²) in [7, 11) is 0. The maximum Gasteiger partial charge on any atom is -0.0409 e. The molecule has 4 fully saturated rings. The van der Waals surface area contributed by atoms with E-state index in [0.717, 1.165) is 47.3 Å². The van der Waals surface area contributed by atoms with Crippen molar-refractivity contribution in [1.29, 1.82) is 0 Å². The predicted molar refractivity (Wildman–Crippen MR) is 145 cm³/mol. The second kappa shape index (κ2) is 15.8. The van der Waals surface area contributed by atoms with Gasteiger partial charge in [-0.25, -0.2) is 0 Å². The summed E-state index contributed by atoms with van der Waals surface area (Å²) in [4.78, 5) is 0. The van der Waals surface area contributed by atoms with Crippen LogP contribution in [0, 0.1) is 47.3 Å². The van der Waals surface area contributed by atoms with Gasteiger partial charge < -0.3 is 0 Å². The maximum atomic E-state index is 2.45. The first-order chi connectivity index (χ1) is 15.5. The van der Waals surface area contributed by atoms with Gasteiger partial charge >= 0.3 is 0 Å². The van der Waals surface area contributed by atoms with Crippen LogP contribution in [0.5, 0.6) is 0 Å². The molecule has 0 aromatic carbocycles. The smallest absolute Gasteiger partial charge is 0.0409 e. The lowest BCUT2D eigenvalue weighted by Gasteiger charge is -2.33. The van der Waals surface area contributed by atoms with E-state index in [1.165, 1.54) is 103 Å². The largest absolute Gasteiger partial charge is 0.0683 e. The van der Waals surface area contributed by atoms with Crippen LogP contribution in [0.3, 0.4) is 0 Å². The van der Waals surface area contributed by atoms with E-state index in [9.17, 15) is 0 Å². The molecule has 0 bridgehead atoms. The molecule has 0 aromatic rings. The molecule has 0 aliphatic heterocycles. The molecule has 4 atom stereocenters. The minimum atomic E-state index is 1.02. The van der Waals surface area contributed by atoms with Crippen molar-refractivity contribution in [2.24, 2.45) is 47.3 Å². The number of rotatable bonds is 4. The molecule has 4 rings (SSSR count). The molecule has 190 valence electrons. The monoisotopic (exact) mass is 446 g/mol. The Morgan fingerprint density at radius 3 is 1.06 bits per heavy atom. The third kappa shape index (κ3) is 11.0. The van der Waals surface area contributed by atoms with Crippen LogP contribution in [0.4, 0.5) is 0 Å². The molecule has 0 saturated heterocycles. The van der Waals surface area contributed by atoms with Gasteiger partial charge in [0.15, 0.2) is 0 Å². The van der Waals surface area contributed by atoms with Crippen molar-refractivity contribution in [1.82, 2.24) is 0 Å². The molecule has 0 radical (unpaired) electrons. The zero-order valence-corrected chi connectivity index (χ0v) is 23.3. The molecule has 4 aliphatic rings. The molecular formula is C32H62. The summed E-state index contributed by atoms with van der Waals surface area (Å²) in [6.07, 6.45) is 27.5. The lowest BCUT2D eigenvalue weighted by Crippen LogP contribution is -2.20. The Kier molecular flexibility index (Phi) is 14.0. The van der Waals surface area contributed by atoms with Crippen LogP contribution in [0.1, 0.15) is 157 Å². The van der Waals surface area contributed by atoms with E-state index in [1.54, 1.807) is 12.8 Å². The van der Waals surface area contributed by atoms with Gasteiger partial charge in [0.2, 0.25) is 0 Å². The molecule has 0 spiro atoms. The fraction of sp³-hybridized carbons (Fsp3) is 1.00. The molecule has 0 aromatic heterocycles. The molecular weight excluding hydrogens is 384 g/mol. The summed E-state index contributed by atoms with van der Waals surface area (Å²) < 4.78 is 0. The van der Waals surface area contributed by atoms with E-state index in [4.69, 9.17) is 0 Å². The molecule has 0 nitrogen and oxygen atoms in total. The topological polar surface area (TPSA) is 0 Å². The summed E-state index contributed by atoms with van der Waals surface area (Å²) in [5.74, 6) is 8.45. The Morgan fingerprint density at radius 1 is 0.375 bits per heavy atom. The highest BCUT2D eigenvalue weighted by Gasteiger charge is 2.26. The van der Waals surface area contributed by atoms with E-state index in [0.29, 0.717) is 0 Å². The second-order valence-corrected chi connectivity index (χ2v) is 13.0. The molecule has 4 aliphatic carbocycles. The predicted octanol–water partition coefficient (Wildman–Crippen LogP) is 11.1. The van der Waals surface area contributed by atoms with E-state index in [-0.39, 0.29) is 0 Å². The van der Waals surface area contributed by atoms with Crippen molar-refractivity contribution < 1.29 is 0 Å². The zero-order valence-electron chi connectivity index (χ0n) is 23.3.